The summed E-state index contributed by atoms with van der Waals surface area (Å²) in [5.74, 6) is 0.870. The number of hydrogen-bond donors (Lipinski definition) is 2. The third-order valence-corrected chi connectivity index (χ3v) is 1.94. The third kappa shape index (κ3) is 4.26. The van der Waals surface area contributed by atoms with E-state index in [2.05, 4.69) is 46.0 Å². The molecule has 2 N–H and O–H groups in total. The Morgan fingerprint density at radius 2 is 2.35 bits per heavy atom. The van der Waals surface area contributed by atoms with Crippen molar-refractivity contribution in [1.82, 2.24) is 15.4 Å². The average molecular weight is 238 g/mol. The maximum Gasteiger partial charge on any atom is 0.427 e. The first-order valence-electron chi connectivity index (χ1n) is 5.45. The van der Waals surface area contributed by atoms with Crippen molar-refractivity contribution in [2.75, 3.05) is 6.61 Å². The van der Waals surface area contributed by atoms with E-state index >= 15 is 0 Å². The van der Waals surface area contributed by atoms with Gasteiger partial charge in [-0.05, 0) is 6.92 Å². The SMILES string of the molecule is CCOC(=O)NN=Cc1c[nH]c(C(C)(C)C)n1. The van der Waals surface area contributed by atoms with Gasteiger partial charge in [-0.1, -0.05) is 20.8 Å². The fourth-order valence-corrected chi connectivity index (χ4v) is 1.10. The van der Waals surface area contributed by atoms with Crippen LogP contribution in [0.25, 0.3) is 0 Å². The van der Waals surface area contributed by atoms with Gasteiger partial charge in [-0.3, -0.25) is 0 Å². The summed E-state index contributed by atoms with van der Waals surface area (Å²) in [5.41, 5.74) is 2.85. The fourth-order valence-electron chi connectivity index (χ4n) is 1.10. The highest BCUT2D eigenvalue weighted by Crippen LogP contribution is 2.17. The summed E-state index contributed by atoms with van der Waals surface area (Å²) in [5, 5.41) is 3.72. The molecule has 94 valence electrons. The second-order valence-electron chi connectivity index (χ2n) is 4.51. The number of aromatic amines is 1. The van der Waals surface area contributed by atoms with Crippen LogP contribution >= 0.6 is 0 Å². The van der Waals surface area contributed by atoms with Gasteiger partial charge in [0, 0.05) is 11.6 Å². The van der Waals surface area contributed by atoms with Crippen LogP contribution in [0.1, 0.15) is 39.2 Å². The monoisotopic (exact) mass is 238 g/mol. The first-order chi connectivity index (χ1) is 7.93. The van der Waals surface area contributed by atoms with Crippen LogP contribution in [0.5, 0.6) is 0 Å². The zero-order valence-corrected chi connectivity index (χ0v) is 10.6. The zero-order chi connectivity index (χ0) is 12.9. The molecule has 1 rings (SSSR count). The molecule has 1 heterocycles. The van der Waals surface area contributed by atoms with Crippen molar-refractivity contribution < 1.29 is 9.53 Å². The molecule has 6 heteroatoms. The molecule has 0 bridgehead atoms. The van der Waals surface area contributed by atoms with Crippen molar-refractivity contribution in [1.29, 1.82) is 0 Å². The molecule has 1 amide bonds. The number of nitrogens with one attached hydrogen (secondary N) is 2. The maximum atomic E-state index is 10.9. The second kappa shape index (κ2) is 5.47. The van der Waals surface area contributed by atoms with Crippen LogP contribution in [0.3, 0.4) is 0 Å². The molecule has 0 radical (unpaired) electrons. The Hall–Kier alpha value is -1.85. The molecule has 0 aliphatic heterocycles. The predicted octanol–water partition coefficient (Wildman–Crippen LogP) is 1.79. The summed E-state index contributed by atoms with van der Waals surface area (Å²) in [6, 6.07) is 0. The van der Waals surface area contributed by atoms with Crippen molar-refractivity contribution in [3.05, 3.63) is 17.7 Å². The molecule has 0 aromatic carbocycles. The molecule has 0 spiro atoms. The normalized spacial score (nSPS) is 11.8. The van der Waals surface area contributed by atoms with E-state index in [0.717, 1.165) is 5.82 Å². The van der Waals surface area contributed by atoms with Gasteiger partial charge in [0.2, 0.25) is 0 Å². The van der Waals surface area contributed by atoms with Gasteiger partial charge >= 0.3 is 6.09 Å². The molecule has 0 unspecified atom stereocenters. The predicted molar refractivity (Wildman–Crippen MR) is 65.0 cm³/mol. The standard InChI is InChI=1S/C11H18N4O2/c1-5-17-10(16)15-13-7-8-6-12-9(14-8)11(2,3)4/h6-7H,5H2,1-4H3,(H,12,14)(H,15,16). The highest BCUT2D eigenvalue weighted by molar-refractivity contribution is 5.78. The van der Waals surface area contributed by atoms with Crippen molar-refractivity contribution in [2.45, 2.75) is 33.1 Å². The molecule has 1 aromatic rings. The third-order valence-electron chi connectivity index (χ3n) is 1.94. The molecule has 0 saturated carbocycles. The molecule has 0 atom stereocenters. The smallest absolute Gasteiger partial charge is 0.427 e. The van der Waals surface area contributed by atoms with Gasteiger partial charge in [0.25, 0.3) is 0 Å². The number of carbonyl (C=O) groups excluding carboxylic acids is 1. The summed E-state index contributed by atoms with van der Waals surface area (Å²) >= 11 is 0. The topological polar surface area (TPSA) is 79.4 Å². The zero-order valence-electron chi connectivity index (χ0n) is 10.6. The van der Waals surface area contributed by atoms with E-state index in [0.29, 0.717) is 12.3 Å². The van der Waals surface area contributed by atoms with Crippen molar-refractivity contribution >= 4 is 12.3 Å². The Bertz CT molecular complexity index is 404. The van der Waals surface area contributed by atoms with Crippen LogP contribution in [0.2, 0.25) is 0 Å². The first kappa shape index (κ1) is 13.2. The largest absolute Gasteiger partial charge is 0.449 e. The Labute approximate surface area is 100 Å². The van der Waals surface area contributed by atoms with Gasteiger partial charge in [-0.25, -0.2) is 15.2 Å². The quantitative estimate of drug-likeness (QED) is 0.622. The first-order valence-corrected chi connectivity index (χ1v) is 5.45. The molecule has 17 heavy (non-hydrogen) atoms. The number of H-pyrrole nitrogens is 1. The van der Waals surface area contributed by atoms with E-state index in [4.69, 9.17) is 0 Å². The average Bonchev–Trinajstić information content (AvgIpc) is 2.66. The number of rotatable bonds is 3. The van der Waals surface area contributed by atoms with Crippen molar-refractivity contribution in [3.8, 4) is 0 Å². The number of imidazole rings is 1. The highest BCUT2D eigenvalue weighted by Gasteiger charge is 2.16. The molecule has 0 aliphatic carbocycles. The van der Waals surface area contributed by atoms with E-state index in [9.17, 15) is 4.79 Å². The Morgan fingerprint density at radius 1 is 1.65 bits per heavy atom. The summed E-state index contributed by atoms with van der Waals surface area (Å²) in [6.07, 6.45) is 2.62. The van der Waals surface area contributed by atoms with E-state index in [1.54, 1.807) is 13.1 Å². The summed E-state index contributed by atoms with van der Waals surface area (Å²) in [4.78, 5) is 18.3. The number of carbonyl (C=O) groups is 1. The number of hydrazone groups is 1. The van der Waals surface area contributed by atoms with Crippen LogP contribution in [-0.4, -0.2) is 28.9 Å². The fraction of sp³-hybridized carbons (Fsp3) is 0.545. The van der Waals surface area contributed by atoms with Crippen molar-refractivity contribution in [2.24, 2.45) is 5.10 Å². The van der Waals surface area contributed by atoms with E-state index in [1.165, 1.54) is 6.21 Å². The molecular weight excluding hydrogens is 220 g/mol. The Morgan fingerprint density at radius 3 is 2.88 bits per heavy atom. The molecule has 6 nitrogen and oxygen atoms in total. The lowest BCUT2D eigenvalue weighted by Crippen LogP contribution is -2.18. The van der Waals surface area contributed by atoms with Crippen LogP contribution in [-0.2, 0) is 10.2 Å². The minimum Gasteiger partial charge on any atom is -0.449 e. The molecule has 0 saturated heterocycles. The number of amides is 1. The molecular formula is C11H18N4O2. The van der Waals surface area contributed by atoms with E-state index in [-0.39, 0.29) is 5.41 Å². The lowest BCUT2D eigenvalue weighted by atomic mass is 9.96. The number of nitrogens with zero attached hydrogens (tertiary/aromatic N) is 2. The van der Waals surface area contributed by atoms with Crippen LogP contribution in [0.4, 0.5) is 4.79 Å². The van der Waals surface area contributed by atoms with Gasteiger partial charge in [0.1, 0.15) is 11.5 Å². The van der Waals surface area contributed by atoms with Gasteiger partial charge in [0.15, 0.2) is 0 Å². The second-order valence-corrected chi connectivity index (χ2v) is 4.51. The lowest BCUT2D eigenvalue weighted by Gasteiger charge is -2.13. The number of hydrogen-bond acceptors (Lipinski definition) is 4. The Balaban J connectivity index is 2.55. The molecule has 0 aliphatic rings. The van der Waals surface area contributed by atoms with Gasteiger partial charge in [-0.15, -0.1) is 0 Å². The van der Waals surface area contributed by atoms with Crippen molar-refractivity contribution in [3.63, 3.8) is 0 Å². The van der Waals surface area contributed by atoms with Gasteiger partial charge in [0.05, 0.1) is 12.8 Å². The minimum atomic E-state index is -0.574. The molecule has 0 fully saturated rings. The van der Waals surface area contributed by atoms with E-state index in [1.807, 2.05) is 0 Å². The number of ether oxygens (including phenoxy) is 1. The molecule has 1 aromatic heterocycles. The Kier molecular flexibility index (Phi) is 4.25. The minimum absolute atomic E-state index is 0.0410. The van der Waals surface area contributed by atoms with Gasteiger partial charge < -0.3 is 9.72 Å². The summed E-state index contributed by atoms with van der Waals surface area (Å²) in [7, 11) is 0. The lowest BCUT2D eigenvalue weighted by molar-refractivity contribution is 0.152. The van der Waals surface area contributed by atoms with Gasteiger partial charge in [-0.2, -0.15) is 5.10 Å². The van der Waals surface area contributed by atoms with E-state index < -0.39 is 6.09 Å². The van der Waals surface area contributed by atoms with Crippen LogP contribution < -0.4 is 5.43 Å². The maximum absolute atomic E-state index is 10.9. The van der Waals surface area contributed by atoms with Crippen LogP contribution in [0.15, 0.2) is 11.3 Å². The number of aromatic nitrogens is 2. The summed E-state index contributed by atoms with van der Waals surface area (Å²) < 4.78 is 4.65. The highest BCUT2D eigenvalue weighted by atomic mass is 16.5. The summed E-state index contributed by atoms with van der Waals surface area (Å²) in [6.45, 7) is 8.22. The van der Waals surface area contributed by atoms with Crippen LogP contribution in [0, 0.1) is 0 Å².